The van der Waals surface area contributed by atoms with Crippen LogP contribution in [0.3, 0.4) is 0 Å². The molecule has 1 unspecified atom stereocenters. The van der Waals surface area contributed by atoms with Crippen molar-refractivity contribution in [3.05, 3.63) is 82.9 Å². The average molecular weight is 530 g/mol. The summed E-state index contributed by atoms with van der Waals surface area (Å²) < 4.78 is 32.3. The Hall–Kier alpha value is -4.10. The second-order valence-corrected chi connectivity index (χ2v) is 12.6. The number of aryl methyl sites for hydroxylation is 1. The Kier molecular flexibility index (Phi) is 5.40. The van der Waals surface area contributed by atoms with Crippen LogP contribution in [0.25, 0.3) is 11.8 Å². The zero-order valence-electron chi connectivity index (χ0n) is 21.4. The van der Waals surface area contributed by atoms with Gasteiger partial charge in [-0.3, -0.25) is 0 Å². The minimum Gasteiger partial charge on any atom is -0.495 e. The maximum absolute atomic E-state index is 12.3. The lowest BCUT2D eigenvalue weighted by atomic mass is 9.78. The Morgan fingerprint density at radius 3 is 2.58 bits per heavy atom. The zero-order chi connectivity index (χ0) is 26.7. The van der Waals surface area contributed by atoms with E-state index in [-0.39, 0.29) is 11.5 Å². The number of aromatic nitrogens is 2. The third-order valence-corrected chi connectivity index (χ3v) is 9.67. The van der Waals surface area contributed by atoms with E-state index in [4.69, 9.17) is 9.57 Å². The van der Waals surface area contributed by atoms with Gasteiger partial charge in [0, 0.05) is 30.6 Å². The standard InChI is InChI=1S/C28H27N5O4S/c1-19-14-32(18-30-19)24-9-6-21(11-25(24)36-3)10-22-12-28(16-38(34,35)17-28)15-33-26(22)31-37-27(33,2)23-7-4-20(13-29)5-8-23/h4-11,14,18H,12,15-17H2,1-3H3. The molecule has 3 aliphatic rings. The van der Waals surface area contributed by atoms with E-state index in [9.17, 15) is 13.7 Å². The Morgan fingerprint density at radius 1 is 1.18 bits per heavy atom. The van der Waals surface area contributed by atoms with Crippen molar-refractivity contribution in [2.75, 3.05) is 25.2 Å². The first kappa shape index (κ1) is 24.2. The monoisotopic (exact) mass is 529 g/mol. The molecule has 0 amide bonds. The molecule has 10 heteroatoms. The molecule has 9 nitrogen and oxygen atoms in total. The van der Waals surface area contributed by atoms with Crippen molar-refractivity contribution in [3.63, 3.8) is 0 Å². The number of piperidine rings is 1. The summed E-state index contributed by atoms with van der Waals surface area (Å²) in [5.74, 6) is 1.65. The van der Waals surface area contributed by atoms with Gasteiger partial charge in [0.15, 0.2) is 15.7 Å². The summed E-state index contributed by atoms with van der Waals surface area (Å²) in [6, 6.07) is 15.3. The van der Waals surface area contributed by atoms with E-state index in [0.717, 1.165) is 28.1 Å². The molecule has 2 saturated heterocycles. The molecule has 1 spiro atoms. The summed E-state index contributed by atoms with van der Waals surface area (Å²) in [6.45, 7) is 4.38. The van der Waals surface area contributed by atoms with Gasteiger partial charge in [-0.15, -0.1) is 0 Å². The second-order valence-electron chi connectivity index (χ2n) is 10.5. The van der Waals surface area contributed by atoms with E-state index in [1.807, 2.05) is 61.0 Å². The van der Waals surface area contributed by atoms with Gasteiger partial charge in [0.2, 0.25) is 5.72 Å². The van der Waals surface area contributed by atoms with Gasteiger partial charge in [0.05, 0.1) is 48.0 Å². The van der Waals surface area contributed by atoms with Crippen molar-refractivity contribution >= 4 is 21.7 Å². The van der Waals surface area contributed by atoms with Gasteiger partial charge in [-0.2, -0.15) is 5.26 Å². The minimum atomic E-state index is -3.07. The molecule has 1 aromatic heterocycles. The quantitative estimate of drug-likeness (QED) is 0.506. The highest BCUT2D eigenvalue weighted by Crippen LogP contribution is 2.49. The maximum atomic E-state index is 12.3. The number of sulfone groups is 1. The molecule has 0 aliphatic carbocycles. The van der Waals surface area contributed by atoms with Gasteiger partial charge in [0.25, 0.3) is 0 Å². The van der Waals surface area contributed by atoms with Crippen LogP contribution in [-0.4, -0.2) is 53.9 Å². The van der Waals surface area contributed by atoms with Crippen molar-refractivity contribution in [1.29, 1.82) is 5.26 Å². The fourth-order valence-corrected chi connectivity index (χ4v) is 7.95. The number of nitrogens with zero attached hydrogens (tertiary/aromatic N) is 5. The van der Waals surface area contributed by atoms with Crippen LogP contribution in [0.5, 0.6) is 5.75 Å². The predicted octanol–water partition coefficient (Wildman–Crippen LogP) is 3.78. The van der Waals surface area contributed by atoms with E-state index in [0.29, 0.717) is 30.1 Å². The number of oxime groups is 1. The predicted molar refractivity (Wildman–Crippen MR) is 142 cm³/mol. The summed E-state index contributed by atoms with van der Waals surface area (Å²) in [5.41, 5.74) is 3.67. The molecular weight excluding hydrogens is 502 g/mol. The SMILES string of the molecule is COc1cc(C=C2CC3(CN4C2=NOC4(C)c2ccc(C#N)cc2)CS(=O)(=O)C3)ccc1-n1cnc(C)c1. The molecule has 0 saturated carbocycles. The third-order valence-electron chi connectivity index (χ3n) is 7.56. The van der Waals surface area contributed by atoms with Crippen molar-refractivity contribution in [3.8, 4) is 17.5 Å². The smallest absolute Gasteiger partial charge is 0.234 e. The van der Waals surface area contributed by atoms with E-state index in [2.05, 4.69) is 21.1 Å². The number of imidazole rings is 1. The minimum absolute atomic E-state index is 0.132. The fourth-order valence-electron chi connectivity index (χ4n) is 5.78. The summed E-state index contributed by atoms with van der Waals surface area (Å²) >= 11 is 0. The number of nitriles is 1. The van der Waals surface area contributed by atoms with Crippen LogP contribution in [-0.2, 0) is 20.4 Å². The van der Waals surface area contributed by atoms with Crippen LogP contribution < -0.4 is 4.74 Å². The molecule has 6 rings (SSSR count). The molecule has 2 fully saturated rings. The summed E-state index contributed by atoms with van der Waals surface area (Å²) in [6.07, 6.45) is 6.31. The molecule has 2 aromatic carbocycles. The van der Waals surface area contributed by atoms with Gasteiger partial charge in [-0.05, 0) is 54.8 Å². The van der Waals surface area contributed by atoms with E-state index in [1.165, 1.54) is 0 Å². The topological polar surface area (TPSA) is 110 Å². The first-order valence-corrected chi connectivity index (χ1v) is 14.1. The van der Waals surface area contributed by atoms with Gasteiger partial charge in [-0.1, -0.05) is 23.4 Å². The van der Waals surface area contributed by atoms with Gasteiger partial charge in [-0.25, -0.2) is 13.4 Å². The first-order chi connectivity index (χ1) is 18.1. The third kappa shape index (κ3) is 3.94. The zero-order valence-corrected chi connectivity index (χ0v) is 22.2. The number of fused-ring (bicyclic) bond motifs is 1. The second kappa shape index (κ2) is 8.46. The number of benzene rings is 2. The summed E-state index contributed by atoms with van der Waals surface area (Å²) in [4.78, 5) is 12.4. The molecule has 4 heterocycles. The highest BCUT2D eigenvalue weighted by Gasteiger charge is 2.58. The fraction of sp³-hybridized carbons (Fsp3) is 0.321. The summed E-state index contributed by atoms with van der Waals surface area (Å²) in [7, 11) is -1.44. The molecule has 0 N–H and O–H groups in total. The molecule has 0 bridgehead atoms. The van der Waals surface area contributed by atoms with Gasteiger partial charge in [0.1, 0.15) is 5.75 Å². The Balaban J connectivity index is 1.39. The number of methoxy groups -OCH3 is 1. The van der Waals surface area contributed by atoms with E-state index in [1.54, 1.807) is 25.6 Å². The van der Waals surface area contributed by atoms with Crippen LogP contribution in [0.4, 0.5) is 0 Å². The lowest BCUT2D eigenvalue weighted by Gasteiger charge is -2.50. The van der Waals surface area contributed by atoms with Crippen molar-refractivity contribution in [2.24, 2.45) is 10.6 Å². The first-order valence-electron chi connectivity index (χ1n) is 12.3. The molecule has 3 aromatic rings. The molecule has 38 heavy (non-hydrogen) atoms. The number of hydrogen-bond acceptors (Lipinski definition) is 8. The highest BCUT2D eigenvalue weighted by molar-refractivity contribution is 7.92. The number of hydrogen-bond donors (Lipinski definition) is 0. The Morgan fingerprint density at radius 2 is 1.95 bits per heavy atom. The van der Waals surface area contributed by atoms with E-state index >= 15 is 0 Å². The Labute approximate surface area is 221 Å². The van der Waals surface area contributed by atoms with Crippen LogP contribution in [0.15, 0.2) is 65.7 Å². The normalized spacial score (nSPS) is 23.8. The highest BCUT2D eigenvalue weighted by atomic mass is 32.2. The van der Waals surface area contributed by atoms with Crippen LogP contribution in [0.2, 0.25) is 0 Å². The molecule has 194 valence electrons. The lowest BCUT2D eigenvalue weighted by molar-refractivity contribution is -0.101. The number of ether oxygens (including phenoxy) is 1. The van der Waals surface area contributed by atoms with Crippen LogP contribution in [0, 0.1) is 23.7 Å². The Bertz CT molecular complexity index is 1640. The average Bonchev–Trinajstić information content (AvgIpc) is 3.46. The summed E-state index contributed by atoms with van der Waals surface area (Å²) in [5, 5.41) is 13.7. The lowest BCUT2D eigenvalue weighted by Crippen LogP contribution is -2.62. The number of rotatable bonds is 4. The van der Waals surface area contributed by atoms with Gasteiger partial charge >= 0.3 is 0 Å². The maximum Gasteiger partial charge on any atom is 0.234 e. The van der Waals surface area contributed by atoms with Crippen LogP contribution in [0.1, 0.15) is 35.7 Å². The van der Waals surface area contributed by atoms with E-state index < -0.39 is 21.0 Å². The van der Waals surface area contributed by atoms with Crippen LogP contribution >= 0.6 is 0 Å². The largest absolute Gasteiger partial charge is 0.495 e. The molecule has 3 aliphatic heterocycles. The number of amidine groups is 1. The van der Waals surface area contributed by atoms with Crippen molar-refractivity contribution in [2.45, 2.75) is 26.0 Å². The van der Waals surface area contributed by atoms with Crippen molar-refractivity contribution in [1.82, 2.24) is 14.5 Å². The molecule has 0 radical (unpaired) electrons. The van der Waals surface area contributed by atoms with Crippen molar-refractivity contribution < 1.29 is 18.0 Å². The molecular formula is C28H27N5O4S. The molecule has 1 atom stereocenters. The van der Waals surface area contributed by atoms with Gasteiger partial charge < -0.3 is 19.0 Å².